The topological polar surface area (TPSA) is 84.5 Å². The molecule has 0 aliphatic carbocycles. The van der Waals surface area contributed by atoms with E-state index < -0.39 is 15.9 Å². The SMILES string of the molecule is CNC(=O)c1cc(S(=O)(=O)Nc2ccccc2Sc2ccccc2)ccc1OC. The second-order valence-electron chi connectivity index (χ2n) is 5.96. The molecule has 29 heavy (non-hydrogen) atoms. The first-order valence-corrected chi connectivity index (χ1v) is 11.0. The van der Waals surface area contributed by atoms with Crippen LogP contribution in [0.4, 0.5) is 5.69 Å². The van der Waals surface area contributed by atoms with E-state index in [4.69, 9.17) is 4.74 Å². The Morgan fingerprint density at radius 3 is 2.34 bits per heavy atom. The van der Waals surface area contributed by atoms with Gasteiger partial charge in [-0.25, -0.2) is 8.42 Å². The third kappa shape index (κ3) is 4.90. The van der Waals surface area contributed by atoms with Crippen molar-refractivity contribution < 1.29 is 17.9 Å². The summed E-state index contributed by atoms with van der Waals surface area (Å²) in [6.07, 6.45) is 0. The Bertz CT molecular complexity index is 1120. The number of hydrogen-bond donors (Lipinski definition) is 2. The van der Waals surface area contributed by atoms with Crippen LogP contribution < -0.4 is 14.8 Å². The van der Waals surface area contributed by atoms with Gasteiger partial charge in [0.2, 0.25) is 0 Å². The van der Waals surface area contributed by atoms with Crippen molar-refractivity contribution in [3.63, 3.8) is 0 Å². The highest BCUT2D eigenvalue weighted by molar-refractivity contribution is 7.99. The van der Waals surface area contributed by atoms with Crippen LogP contribution in [-0.4, -0.2) is 28.5 Å². The molecule has 1 amide bonds. The van der Waals surface area contributed by atoms with Crippen molar-refractivity contribution in [3.8, 4) is 5.75 Å². The minimum absolute atomic E-state index is 0.0311. The molecule has 0 radical (unpaired) electrons. The zero-order valence-corrected chi connectivity index (χ0v) is 17.5. The van der Waals surface area contributed by atoms with Crippen molar-refractivity contribution in [3.05, 3.63) is 78.4 Å². The quantitative estimate of drug-likeness (QED) is 0.594. The number of hydrogen-bond acceptors (Lipinski definition) is 5. The van der Waals surface area contributed by atoms with Gasteiger partial charge in [0.25, 0.3) is 15.9 Å². The van der Waals surface area contributed by atoms with Gasteiger partial charge in [0.15, 0.2) is 0 Å². The summed E-state index contributed by atoms with van der Waals surface area (Å²) in [5, 5.41) is 2.48. The molecule has 0 aliphatic heterocycles. The maximum atomic E-state index is 13.0. The molecule has 3 rings (SSSR count). The number of amides is 1. The van der Waals surface area contributed by atoms with Gasteiger partial charge in [-0.15, -0.1) is 0 Å². The molecule has 3 aromatic carbocycles. The largest absolute Gasteiger partial charge is 0.496 e. The van der Waals surface area contributed by atoms with Crippen LogP contribution in [-0.2, 0) is 10.0 Å². The summed E-state index contributed by atoms with van der Waals surface area (Å²) in [7, 11) is -1.02. The van der Waals surface area contributed by atoms with Crippen LogP contribution in [0.25, 0.3) is 0 Å². The van der Waals surface area contributed by atoms with Crippen LogP contribution in [0.5, 0.6) is 5.75 Å². The average Bonchev–Trinajstić information content (AvgIpc) is 2.74. The highest BCUT2D eigenvalue weighted by atomic mass is 32.2. The van der Waals surface area contributed by atoms with Gasteiger partial charge in [-0.3, -0.25) is 9.52 Å². The van der Waals surface area contributed by atoms with E-state index in [1.165, 1.54) is 44.1 Å². The molecule has 2 N–H and O–H groups in total. The molecule has 3 aromatic rings. The number of carbonyl (C=O) groups excluding carboxylic acids is 1. The number of methoxy groups -OCH3 is 1. The molecule has 0 atom stereocenters. The first-order chi connectivity index (χ1) is 13.9. The molecular weight excluding hydrogens is 408 g/mol. The maximum absolute atomic E-state index is 13.0. The van der Waals surface area contributed by atoms with Crippen molar-refractivity contribution in [1.29, 1.82) is 0 Å². The van der Waals surface area contributed by atoms with E-state index >= 15 is 0 Å². The molecule has 6 nitrogen and oxygen atoms in total. The third-order valence-electron chi connectivity index (χ3n) is 4.06. The van der Waals surface area contributed by atoms with Crippen LogP contribution in [0.2, 0.25) is 0 Å². The summed E-state index contributed by atoms with van der Waals surface area (Å²) < 4.78 is 33.7. The van der Waals surface area contributed by atoms with Crippen molar-refractivity contribution in [2.75, 3.05) is 18.9 Å². The van der Waals surface area contributed by atoms with Crippen LogP contribution in [0.3, 0.4) is 0 Å². The molecule has 0 heterocycles. The highest BCUT2D eigenvalue weighted by Gasteiger charge is 2.20. The minimum Gasteiger partial charge on any atom is -0.496 e. The Morgan fingerprint density at radius 1 is 0.966 bits per heavy atom. The number of nitrogens with one attached hydrogen (secondary N) is 2. The lowest BCUT2D eigenvalue weighted by atomic mass is 10.2. The molecule has 0 saturated carbocycles. The van der Waals surface area contributed by atoms with Gasteiger partial charge in [-0.1, -0.05) is 42.1 Å². The van der Waals surface area contributed by atoms with E-state index in [1.54, 1.807) is 12.1 Å². The highest BCUT2D eigenvalue weighted by Crippen LogP contribution is 2.34. The number of carbonyl (C=O) groups is 1. The summed E-state index contributed by atoms with van der Waals surface area (Å²) in [5.74, 6) is -0.137. The number of rotatable bonds is 7. The van der Waals surface area contributed by atoms with Crippen molar-refractivity contribution in [2.45, 2.75) is 14.7 Å². The smallest absolute Gasteiger partial charge is 0.261 e. The first-order valence-electron chi connectivity index (χ1n) is 8.69. The molecule has 150 valence electrons. The number of ether oxygens (including phenoxy) is 1. The summed E-state index contributed by atoms with van der Waals surface area (Å²) in [6.45, 7) is 0. The Morgan fingerprint density at radius 2 is 1.66 bits per heavy atom. The molecule has 0 spiro atoms. The molecule has 0 aliphatic rings. The minimum atomic E-state index is -3.92. The molecular formula is C21H20N2O4S2. The van der Waals surface area contributed by atoms with Gasteiger partial charge < -0.3 is 10.1 Å². The standard InChI is InChI=1S/C21H20N2O4S2/c1-22-21(24)17-14-16(12-13-19(17)27-2)29(25,26)23-18-10-6-7-11-20(18)28-15-8-4-3-5-9-15/h3-14,23H,1-2H3,(H,22,24). The van der Waals surface area contributed by atoms with E-state index in [9.17, 15) is 13.2 Å². The summed E-state index contributed by atoms with van der Waals surface area (Å²) >= 11 is 1.46. The van der Waals surface area contributed by atoms with Crippen LogP contribution in [0.15, 0.2) is 87.5 Å². The molecule has 0 fully saturated rings. The van der Waals surface area contributed by atoms with Gasteiger partial charge in [0.05, 0.1) is 23.3 Å². The van der Waals surface area contributed by atoms with Gasteiger partial charge in [-0.05, 0) is 42.5 Å². The van der Waals surface area contributed by atoms with E-state index in [2.05, 4.69) is 10.0 Å². The third-order valence-corrected chi connectivity index (χ3v) is 6.50. The van der Waals surface area contributed by atoms with Crippen LogP contribution in [0.1, 0.15) is 10.4 Å². The molecule has 0 bridgehead atoms. The fourth-order valence-electron chi connectivity index (χ4n) is 2.63. The fourth-order valence-corrected chi connectivity index (χ4v) is 4.72. The van der Waals surface area contributed by atoms with Crippen molar-refractivity contribution in [1.82, 2.24) is 5.32 Å². The number of anilines is 1. The summed E-state index contributed by atoms with van der Waals surface area (Å²) in [4.78, 5) is 13.8. The lowest BCUT2D eigenvalue weighted by Gasteiger charge is -2.14. The van der Waals surface area contributed by atoms with Gasteiger partial charge in [0.1, 0.15) is 5.75 Å². The van der Waals surface area contributed by atoms with Gasteiger partial charge >= 0.3 is 0 Å². The Labute approximate surface area is 174 Å². The molecule has 8 heteroatoms. The van der Waals surface area contributed by atoms with E-state index in [0.717, 1.165) is 9.79 Å². The summed E-state index contributed by atoms with van der Waals surface area (Å²) in [6, 6.07) is 21.0. The van der Waals surface area contributed by atoms with E-state index in [0.29, 0.717) is 11.4 Å². The zero-order chi connectivity index (χ0) is 20.9. The molecule has 0 saturated heterocycles. The normalized spacial score (nSPS) is 11.0. The predicted molar refractivity (Wildman–Crippen MR) is 114 cm³/mol. The average molecular weight is 429 g/mol. The van der Waals surface area contributed by atoms with Crippen LogP contribution in [0, 0.1) is 0 Å². The Hall–Kier alpha value is -2.97. The lowest BCUT2D eigenvalue weighted by Crippen LogP contribution is -2.20. The predicted octanol–water partition coefficient (Wildman–Crippen LogP) is 4.01. The second kappa shape index (κ2) is 9.02. The number of sulfonamides is 1. The number of benzene rings is 3. The molecule has 0 unspecified atom stereocenters. The number of para-hydroxylation sites is 1. The summed E-state index contributed by atoms with van der Waals surface area (Å²) in [5.41, 5.74) is 0.600. The Balaban J connectivity index is 1.93. The molecule has 0 aromatic heterocycles. The van der Waals surface area contributed by atoms with Gasteiger partial charge in [0, 0.05) is 16.8 Å². The Kier molecular flexibility index (Phi) is 6.46. The first kappa shape index (κ1) is 20.8. The van der Waals surface area contributed by atoms with Gasteiger partial charge in [-0.2, -0.15) is 0 Å². The lowest BCUT2D eigenvalue weighted by molar-refractivity contribution is 0.0960. The van der Waals surface area contributed by atoms with Crippen molar-refractivity contribution in [2.24, 2.45) is 0 Å². The monoisotopic (exact) mass is 428 g/mol. The van der Waals surface area contributed by atoms with E-state index in [-0.39, 0.29) is 10.5 Å². The van der Waals surface area contributed by atoms with Crippen molar-refractivity contribution >= 4 is 33.4 Å². The van der Waals surface area contributed by atoms with Crippen LogP contribution >= 0.6 is 11.8 Å². The van der Waals surface area contributed by atoms with E-state index in [1.807, 2.05) is 42.5 Å². The maximum Gasteiger partial charge on any atom is 0.261 e. The fraction of sp³-hybridized carbons (Fsp3) is 0.0952. The second-order valence-corrected chi connectivity index (χ2v) is 8.76. The zero-order valence-electron chi connectivity index (χ0n) is 15.9.